The third-order valence-electron chi connectivity index (χ3n) is 15.2. The molecule has 0 nitrogen and oxygen atoms in total. The first kappa shape index (κ1) is 45.5. The van der Waals surface area contributed by atoms with Crippen LogP contribution in [0.3, 0.4) is 0 Å². The van der Waals surface area contributed by atoms with E-state index in [0.29, 0.717) is 49.4 Å². The number of alkyl halides is 14. The summed E-state index contributed by atoms with van der Waals surface area (Å²) in [6.07, 6.45) is 17.6. The Bertz CT molecular complexity index is 1640. The number of halogens is 14. The predicted octanol–water partition coefficient (Wildman–Crippen LogP) is 14.3. The Balaban J connectivity index is 0.000000110. The molecule has 0 heterocycles. The molecular formula is C46H54F14. The Morgan fingerprint density at radius 1 is 0.433 bits per heavy atom. The molecule has 12 rings (SSSR count). The lowest BCUT2D eigenvalue weighted by Crippen LogP contribution is -2.45. The average Bonchev–Trinajstić information content (AvgIpc) is 4.05. The fourth-order valence-corrected chi connectivity index (χ4v) is 11.8. The van der Waals surface area contributed by atoms with Crippen LogP contribution in [0.25, 0.3) is 0 Å². The van der Waals surface area contributed by atoms with Crippen molar-refractivity contribution < 1.29 is 61.5 Å². The van der Waals surface area contributed by atoms with Gasteiger partial charge in [-0.1, -0.05) is 72.9 Å². The molecule has 14 heteroatoms. The lowest BCUT2D eigenvalue weighted by atomic mass is 9.87. The molecule has 0 aromatic heterocycles. The van der Waals surface area contributed by atoms with E-state index in [2.05, 4.69) is 18.2 Å². The van der Waals surface area contributed by atoms with Gasteiger partial charge in [-0.15, -0.1) is 0 Å². The van der Waals surface area contributed by atoms with E-state index in [-0.39, 0.29) is 55.0 Å². The van der Waals surface area contributed by atoms with Crippen molar-refractivity contribution in [2.24, 2.45) is 88.8 Å². The van der Waals surface area contributed by atoms with Crippen molar-refractivity contribution in [2.75, 3.05) is 6.67 Å². The maximum absolute atomic E-state index is 12.9. The molecule has 0 amide bonds. The largest absolute Gasteiger partial charge is 0.453 e. The van der Waals surface area contributed by atoms with Crippen LogP contribution in [0.1, 0.15) is 70.6 Å². The van der Waals surface area contributed by atoms with Gasteiger partial charge in [0, 0.05) is 36.0 Å². The highest BCUT2D eigenvalue weighted by atomic mass is 19.4. The minimum atomic E-state index is -5.41. The molecule has 18 atom stereocenters. The van der Waals surface area contributed by atoms with Gasteiger partial charge in [-0.3, -0.25) is 4.39 Å². The van der Waals surface area contributed by atoms with Crippen molar-refractivity contribution >= 4 is 0 Å². The van der Waals surface area contributed by atoms with Crippen LogP contribution in [0.4, 0.5) is 61.5 Å². The van der Waals surface area contributed by atoms with Crippen LogP contribution in [-0.4, -0.2) is 49.4 Å². The average molecular weight is 873 g/mol. The maximum atomic E-state index is 12.9. The summed E-state index contributed by atoms with van der Waals surface area (Å²) >= 11 is 0. The standard InChI is InChI=1S/C9H9F5.C8H9F3.C8H11F.2C7H8F2.C7H9F/c10-8(11,9(12,13)14)7-4-5-1-2-6(7)3-5;9-8(10,11)7-4-5-1-2-6(7)3-5;9-5-8-4-6-1-2-7(8)3-6;8-7(9)4-5-1-2-6(7)3-5;8-6-4-1-2-5(3-4)7(6)9;8-7-4-5-1-2-6(7)3-5/h1-2,5-7H,3-4H2;1-2,5-7H,3-4H2;1-2,6-8H,3-5H2;1-2,5-6H,3-4H2;1-2,4-7H,3H2;1-2,5-7H,3-4H2. The molecule has 18 unspecified atom stereocenters. The van der Waals surface area contributed by atoms with Crippen molar-refractivity contribution in [3.05, 3.63) is 72.9 Å². The third-order valence-corrected chi connectivity index (χ3v) is 15.2. The van der Waals surface area contributed by atoms with Crippen LogP contribution in [0.2, 0.25) is 0 Å². The Hall–Kier alpha value is -2.54. The van der Waals surface area contributed by atoms with Gasteiger partial charge in [-0.2, -0.15) is 35.1 Å². The molecule has 0 aromatic carbocycles. The highest BCUT2D eigenvalue weighted by Crippen LogP contribution is 2.55. The molecule has 0 aromatic rings. The van der Waals surface area contributed by atoms with Crippen molar-refractivity contribution in [2.45, 2.75) is 113 Å². The summed E-state index contributed by atoms with van der Waals surface area (Å²) in [4.78, 5) is 0. The summed E-state index contributed by atoms with van der Waals surface area (Å²) in [6.45, 7) is -0.106. The number of fused-ring (bicyclic) bond motifs is 12. The molecule has 6 fully saturated rings. The molecule has 60 heavy (non-hydrogen) atoms. The van der Waals surface area contributed by atoms with Crippen LogP contribution in [0, 0.1) is 88.8 Å². The highest BCUT2D eigenvalue weighted by molar-refractivity contribution is 5.16. The molecule has 12 bridgehead atoms. The zero-order valence-electron chi connectivity index (χ0n) is 33.1. The van der Waals surface area contributed by atoms with Gasteiger partial charge in [-0.25, -0.2) is 22.0 Å². The second kappa shape index (κ2) is 17.6. The summed E-state index contributed by atoms with van der Waals surface area (Å²) in [5, 5.41) is 0. The molecule has 0 spiro atoms. The predicted molar refractivity (Wildman–Crippen MR) is 201 cm³/mol. The van der Waals surface area contributed by atoms with Gasteiger partial charge in [0.15, 0.2) is 0 Å². The van der Waals surface area contributed by atoms with Gasteiger partial charge in [0.25, 0.3) is 5.92 Å². The molecule has 0 N–H and O–H groups in total. The Morgan fingerprint density at radius 3 is 1.10 bits per heavy atom. The van der Waals surface area contributed by atoms with Gasteiger partial charge in [-0.05, 0) is 117 Å². The van der Waals surface area contributed by atoms with E-state index < -0.39 is 66.4 Å². The lowest BCUT2D eigenvalue weighted by Gasteiger charge is -2.29. The number of allylic oxidation sites excluding steroid dienone is 12. The lowest BCUT2D eigenvalue weighted by molar-refractivity contribution is -0.305. The molecule has 12 aliphatic rings. The first-order valence-electron chi connectivity index (χ1n) is 21.6. The normalized spacial score (nSPS) is 44.9. The van der Waals surface area contributed by atoms with Gasteiger partial charge < -0.3 is 0 Å². The molecule has 0 aliphatic heterocycles. The minimum Gasteiger partial charge on any atom is -0.251 e. The van der Waals surface area contributed by atoms with Crippen LogP contribution in [0.5, 0.6) is 0 Å². The summed E-state index contributed by atoms with van der Waals surface area (Å²) in [5.41, 5.74) is 0. The quantitative estimate of drug-likeness (QED) is 0.192. The van der Waals surface area contributed by atoms with Crippen molar-refractivity contribution in [3.63, 3.8) is 0 Å². The van der Waals surface area contributed by atoms with Gasteiger partial charge >= 0.3 is 18.3 Å². The Labute approximate surface area is 342 Å². The number of hydrogen-bond donors (Lipinski definition) is 0. The minimum absolute atomic E-state index is 0.0341. The van der Waals surface area contributed by atoms with E-state index >= 15 is 0 Å². The van der Waals surface area contributed by atoms with Crippen molar-refractivity contribution in [3.8, 4) is 0 Å². The summed E-state index contributed by atoms with van der Waals surface area (Å²) < 4.78 is 174. The van der Waals surface area contributed by atoms with Gasteiger partial charge in [0.2, 0.25) is 0 Å². The van der Waals surface area contributed by atoms with Gasteiger partial charge in [0.1, 0.15) is 18.5 Å². The molecular weight excluding hydrogens is 818 g/mol. The topological polar surface area (TPSA) is 0 Å². The van der Waals surface area contributed by atoms with E-state index in [0.717, 1.165) is 31.6 Å². The Kier molecular flexibility index (Phi) is 13.3. The number of rotatable bonds is 2. The van der Waals surface area contributed by atoms with E-state index in [1.54, 1.807) is 30.4 Å². The zero-order chi connectivity index (χ0) is 43.4. The van der Waals surface area contributed by atoms with E-state index in [4.69, 9.17) is 0 Å². The second-order valence-electron chi connectivity index (χ2n) is 19.2. The van der Waals surface area contributed by atoms with Crippen molar-refractivity contribution in [1.82, 2.24) is 0 Å². The molecule has 336 valence electrons. The molecule has 0 radical (unpaired) electrons. The first-order valence-corrected chi connectivity index (χ1v) is 21.6. The first-order chi connectivity index (χ1) is 28.1. The van der Waals surface area contributed by atoms with Crippen LogP contribution in [0.15, 0.2) is 72.9 Å². The maximum Gasteiger partial charge on any atom is 0.453 e. The monoisotopic (exact) mass is 872 g/mol. The van der Waals surface area contributed by atoms with Gasteiger partial charge in [0.05, 0.1) is 12.6 Å². The summed E-state index contributed by atoms with van der Waals surface area (Å²) in [7, 11) is 0. The molecule has 6 saturated carbocycles. The second-order valence-corrected chi connectivity index (χ2v) is 19.2. The Morgan fingerprint density at radius 2 is 0.883 bits per heavy atom. The summed E-state index contributed by atoms with van der Waals surface area (Å²) in [5.74, 6) is -8.01. The molecule has 0 saturated heterocycles. The third kappa shape index (κ3) is 9.81. The van der Waals surface area contributed by atoms with Crippen molar-refractivity contribution in [1.29, 1.82) is 0 Å². The van der Waals surface area contributed by atoms with Crippen LogP contribution >= 0.6 is 0 Å². The van der Waals surface area contributed by atoms with E-state index in [1.165, 1.54) is 12.5 Å². The fraction of sp³-hybridized carbons (Fsp3) is 0.739. The SMILES string of the molecule is FC(F)(F)C(F)(F)C1CC2C=CC1C2.FC(F)(F)C1CC2C=CC1C2.FC1(F)CC2C=CC1C2.FC1C2C=CC(C2)C1F.FC1CC2C=CC1C2.FCC1CC2C=CC1C2. The number of hydrogen-bond acceptors (Lipinski definition) is 0. The smallest absolute Gasteiger partial charge is 0.251 e. The fourth-order valence-electron chi connectivity index (χ4n) is 11.8. The van der Waals surface area contributed by atoms with E-state index in [1.807, 2.05) is 18.2 Å². The van der Waals surface area contributed by atoms with E-state index in [9.17, 15) is 61.5 Å². The highest BCUT2D eigenvalue weighted by Gasteiger charge is 2.65. The summed E-state index contributed by atoms with van der Waals surface area (Å²) in [6, 6.07) is 0. The molecule has 12 aliphatic carbocycles. The zero-order valence-corrected chi connectivity index (χ0v) is 33.1. The van der Waals surface area contributed by atoms with Crippen LogP contribution in [-0.2, 0) is 0 Å². The van der Waals surface area contributed by atoms with Crippen LogP contribution < -0.4 is 0 Å².